The third-order valence-corrected chi connectivity index (χ3v) is 3.70. The van der Waals surface area contributed by atoms with Crippen molar-refractivity contribution < 1.29 is 4.74 Å². The van der Waals surface area contributed by atoms with Crippen LogP contribution in [0.4, 0.5) is 0 Å². The lowest BCUT2D eigenvalue weighted by atomic mass is 10.0. The van der Waals surface area contributed by atoms with E-state index in [0.29, 0.717) is 12.1 Å². The topological polar surface area (TPSA) is 21.3 Å². The van der Waals surface area contributed by atoms with Crippen molar-refractivity contribution in [3.05, 3.63) is 29.3 Å². The van der Waals surface area contributed by atoms with Crippen LogP contribution in [0.2, 0.25) is 0 Å². The molecule has 2 heteroatoms. The molecule has 1 aliphatic rings. The van der Waals surface area contributed by atoms with E-state index in [0.717, 1.165) is 5.75 Å². The van der Waals surface area contributed by atoms with Gasteiger partial charge in [-0.3, -0.25) is 0 Å². The third kappa shape index (κ3) is 3.01. The second-order valence-electron chi connectivity index (χ2n) is 5.12. The summed E-state index contributed by atoms with van der Waals surface area (Å²) in [5.41, 5.74) is 2.52. The van der Waals surface area contributed by atoms with Crippen molar-refractivity contribution >= 4 is 0 Å². The number of nitrogens with one attached hydrogen (secondary N) is 1. The molecule has 0 heterocycles. The Labute approximate surface area is 104 Å². The molecule has 1 saturated carbocycles. The number of methoxy groups -OCH3 is 1. The summed E-state index contributed by atoms with van der Waals surface area (Å²) in [7, 11) is 1.75. The summed E-state index contributed by atoms with van der Waals surface area (Å²) < 4.78 is 5.47. The first-order valence-corrected chi connectivity index (χ1v) is 6.61. The number of rotatable bonds is 4. The largest absolute Gasteiger partial charge is 0.496 e. The van der Waals surface area contributed by atoms with Gasteiger partial charge in [0.2, 0.25) is 0 Å². The predicted octanol–water partition coefficient (Wildman–Crippen LogP) is 3.60. The van der Waals surface area contributed by atoms with Crippen LogP contribution in [0.3, 0.4) is 0 Å². The molecule has 1 aliphatic carbocycles. The molecule has 1 aromatic carbocycles. The minimum Gasteiger partial charge on any atom is -0.496 e. The van der Waals surface area contributed by atoms with Crippen molar-refractivity contribution in [1.82, 2.24) is 5.32 Å². The first-order valence-electron chi connectivity index (χ1n) is 6.61. The molecule has 0 aromatic heterocycles. The Morgan fingerprint density at radius 3 is 2.65 bits per heavy atom. The summed E-state index contributed by atoms with van der Waals surface area (Å²) in [6, 6.07) is 7.51. The fourth-order valence-corrected chi connectivity index (χ4v) is 2.71. The Balaban J connectivity index is 2.09. The van der Waals surface area contributed by atoms with Gasteiger partial charge < -0.3 is 10.1 Å². The first kappa shape index (κ1) is 12.4. The lowest BCUT2D eigenvalue weighted by molar-refractivity contribution is 0.392. The molecule has 0 saturated heterocycles. The summed E-state index contributed by atoms with van der Waals surface area (Å²) in [6.45, 7) is 4.33. The Morgan fingerprint density at radius 2 is 2.00 bits per heavy atom. The quantitative estimate of drug-likeness (QED) is 0.858. The molecule has 0 radical (unpaired) electrons. The molecular formula is C15H23NO. The van der Waals surface area contributed by atoms with E-state index in [1.54, 1.807) is 7.11 Å². The first-order chi connectivity index (χ1) is 8.20. The van der Waals surface area contributed by atoms with Crippen molar-refractivity contribution in [2.24, 2.45) is 0 Å². The molecule has 1 N–H and O–H groups in total. The van der Waals surface area contributed by atoms with Crippen LogP contribution in [-0.2, 0) is 0 Å². The zero-order valence-electron chi connectivity index (χ0n) is 11.1. The lowest BCUT2D eigenvalue weighted by Crippen LogP contribution is -2.29. The Hall–Kier alpha value is -1.02. The van der Waals surface area contributed by atoms with Gasteiger partial charge in [0, 0.05) is 17.6 Å². The van der Waals surface area contributed by atoms with E-state index in [4.69, 9.17) is 4.74 Å². The molecule has 1 aromatic rings. The van der Waals surface area contributed by atoms with Gasteiger partial charge in [-0.15, -0.1) is 0 Å². The van der Waals surface area contributed by atoms with Crippen LogP contribution in [0, 0.1) is 6.92 Å². The maximum atomic E-state index is 5.47. The van der Waals surface area contributed by atoms with Crippen molar-refractivity contribution in [2.75, 3.05) is 7.11 Å². The molecule has 1 fully saturated rings. The average molecular weight is 233 g/mol. The summed E-state index contributed by atoms with van der Waals surface area (Å²) >= 11 is 0. The third-order valence-electron chi connectivity index (χ3n) is 3.70. The molecule has 17 heavy (non-hydrogen) atoms. The zero-order valence-corrected chi connectivity index (χ0v) is 11.1. The van der Waals surface area contributed by atoms with Gasteiger partial charge in [0.1, 0.15) is 5.75 Å². The van der Waals surface area contributed by atoms with Crippen LogP contribution in [0.25, 0.3) is 0 Å². The van der Waals surface area contributed by atoms with Crippen LogP contribution in [0.15, 0.2) is 18.2 Å². The second-order valence-corrected chi connectivity index (χ2v) is 5.12. The number of hydrogen-bond donors (Lipinski definition) is 1. The minimum atomic E-state index is 0.369. The van der Waals surface area contributed by atoms with Gasteiger partial charge in [-0.2, -0.15) is 0 Å². The standard InChI is InChI=1S/C15H23NO/c1-11-8-9-14(15(10-11)17-3)12(2)16-13-6-4-5-7-13/h8-10,12-13,16H,4-7H2,1-3H3. The molecule has 2 nitrogen and oxygen atoms in total. The maximum Gasteiger partial charge on any atom is 0.123 e. The van der Waals surface area contributed by atoms with Gasteiger partial charge in [0.15, 0.2) is 0 Å². The fourth-order valence-electron chi connectivity index (χ4n) is 2.71. The van der Waals surface area contributed by atoms with Crippen LogP contribution in [0.5, 0.6) is 5.75 Å². The molecule has 2 rings (SSSR count). The smallest absolute Gasteiger partial charge is 0.123 e. The Bertz CT molecular complexity index is 369. The highest BCUT2D eigenvalue weighted by Gasteiger charge is 2.19. The van der Waals surface area contributed by atoms with Crippen LogP contribution < -0.4 is 10.1 Å². The predicted molar refractivity (Wildman–Crippen MR) is 71.5 cm³/mol. The van der Waals surface area contributed by atoms with Crippen molar-refractivity contribution in [1.29, 1.82) is 0 Å². The van der Waals surface area contributed by atoms with E-state index >= 15 is 0 Å². The van der Waals surface area contributed by atoms with Gasteiger partial charge in [0.25, 0.3) is 0 Å². The minimum absolute atomic E-state index is 0.369. The van der Waals surface area contributed by atoms with Gasteiger partial charge in [-0.25, -0.2) is 0 Å². The van der Waals surface area contributed by atoms with Gasteiger partial charge in [-0.1, -0.05) is 25.0 Å². The number of ether oxygens (including phenoxy) is 1. The summed E-state index contributed by atoms with van der Waals surface area (Å²) in [4.78, 5) is 0. The number of benzene rings is 1. The number of aryl methyl sites for hydroxylation is 1. The Kier molecular flexibility index (Phi) is 4.06. The van der Waals surface area contributed by atoms with Crippen LogP contribution >= 0.6 is 0 Å². The van der Waals surface area contributed by atoms with Crippen molar-refractivity contribution in [3.63, 3.8) is 0 Å². The second kappa shape index (κ2) is 5.54. The summed E-state index contributed by atoms with van der Waals surface area (Å²) in [6.07, 6.45) is 5.38. The van der Waals surface area contributed by atoms with Crippen molar-refractivity contribution in [2.45, 2.75) is 51.6 Å². The van der Waals surface area contributed by atoms with E-state index in [1.165, 1.54) is 36.8 Å². The molecule has 1 atom stereocenters. The van der Waals surface area contributed by atoms with E-state index in [-0.39, 0.29) is 0 Å². The summed E-state index contributed by atoms with van der Waals surface area (Å²) in [5, 5.41) is 3.71. The molecule has 0 amide bonds. The van der Waals surface area contributed by atoms with Gasteiger partial charge in [-0.05, 0) is 38.3 Å². The van der Waals surface area contributed by atoms with E-state index in [9.17, 15) is 0 Å². The molecular weight excluding hydrogens is 210 g/mol. The van der Waals surface area contributed by atoms with Gasteiger partial charge >= 0.3 is 0 Å². The maximum absolute atomic E-state index is 5.47. The van der Waals surface area contributed by atoms with Crippen molar-refractivity contribution in [3.8, 4) is 5.75 Å². The van der Waals surface area contributed by atoms with E-state index < -0.39 is 0 Å². The lowest BCUT2D eigenvalue weighted by Gasteiger charge is -2.21. The van der Waals surface area contributed by atoms with Crippen LogP contribution in [0.1, 0.15) is 49.8 Å². The molecule has 0 bridgehead atoms. The van der Waals surface area contributed by atoms with E-state index in [2.05, 4.69) is 37.4 Å². The normalized spacial score (nSPS) is 18.3. The Morgan fingerprint density at radius 1 is 1.29 bits per heavy atom. The monoisotopic (exact) mass is 233 g/mol. The van der Waals surface area contributed by atoms with Gasteiger partial charge in [0.05, 0.1) is 7.11 Å². The highest BCUT2D eigenvalue weighted by Crippen LogP contribution is 2.28. The fraction of sp³-hybridized carbons (Fsp3) is 0.600. The summed E-state index contributed by atoms with van der Waals surface area (Å²) in [5.74, 6) is 1.00. The zero-order chi connectivity index (χ0) is 12.3. The van der Waals surface area contributed by atoms with Crippen LogP contribution in [-0.4, -0.2) is 13.2 Å². The average Bonchev–Trinajstić information content (AvgIpc) is 2.81. The molecule has 0 aliphatic heterocycles. The molecule has 0 spiro atoms. The molecule has 94 valence electrons. The SMILES string of the molecule is COc1cc(C)ccc1C(C)NC1CCCC1. The molecule has 1 unspecified atom stereocenters. The number of hydrogen-bond acceptors (Lipinski definition) is 2. The van der Waals surface area contributed by atoms with E-state index in [1.807, 2.05) is 0 Å². The highest BCUT2D eigenvalue weighted by molar-refractivity contribution is 5.39. The highest BCUT2D eigenvalue weighted by atomic mass is 16.5.